The smallest absolute Gasteiger partial charge is 0.252 e. The minimum atomic E-state index is -0.148. The summed E-state index contributed by atoms with van der Waals surface area (Å²) in [4.78, 5) is 20.3. The highest BCUT2D eigenvalue weighted by atomic mass is 16.4. The van der Waals surface area contributed by atoms with Crippen LogP contribution in [0.5, 0.6) is 0 Å². The highest BCUT2D eigenvalue weighted by Crippen LogP contribution is 2.21. The molecular formula is C16H20N5O2+. The first-order valence-electron chi connectivity index (χ1n) is 7.20. The number of hydrogen-bond acceptors (Lipinski definition) is 5. The van der Waals surface area contributed by atoms with E-state index in [4.69, 9.17) is 5.21 Å². The van der Waals surface area contributed by atoms with Gasteiger partial charge in [-0.1, -0.05) is 6.08 Å². The second-order valence-electron chi connectivity index (χ2n) is 5.03. The summed E-state index contributed by atoms with van der Waals surface area (Å²) in [6.07, 6.45) is 8.22. The van der Waals surface area contributed by atoms with Crippen LogP contribution in [0.3, 0.4) is 0 Å². The van der Waals surface area contributed by atoms with E-state index in [0.29, 0.717) is 16.9 Å². The van der Waals surface area contributed by atoms with Crippen LogP contribution in [-0.4, -0.2) is 26.0 Å². The van der Waals surface area contributed by atoms with Gasteiger partial charge in [0.05, 0.1) is 28.7 Å². The van der Waals surface area contributed by atoms with E-state index >= 15 is 0 Å². The summed E-state index contributed by atoms with van der Waals surface area (Å²) in [5.41, 5.74) is 2.61. The fraction of sp³-hybridized carbons (Fsp3) is 0.250. The highest BCUT2D eigenvalue weighted by molar-refractivity contribution is 5.88. The van der Waals surface area contributed by atoms with Crippen LogP contribution in [0.4, 0.5) is 5.69 Å². The normalized spacial score (nSPS) is 12.8. The van der Waals surface area contributed by atoms with Crippen molar-refractivity contribution in [1.82, 2.24) is 14.5 Å². The van der Waals surface area contributed by atoms with Crippen molar-refractivity contribution in [1.29, 1.82) is 0 Å². The van der Waals surface area contributed by atoms with E-state index in [-0.39, 0.29) is 11.6 Å². The number of hydrogen-bond donors (Lipinski definition) is 3. The van der Waals surface area contributed by atoms with Crippen molar-refractivity contribution >= 4 is 18.0 Å². The number of nitrogens with zero attached hydrogens (tertiary/aromatic N) is 3. The first-order valence-corrected chi connectivity index (χ1v) is 7.20. The molecule has 0 aromatic carbocycles. The van der Waals surface area contributed by atoms with Crippen molar-refractivity contribution in [3.8, 4) is 0 Å². The largest absolute Gasteiger partial charge is 0.376 e. The maximum absolute atomic E-state index is 12.2. The van der Waals surface area contributed by atoms with Gasteiger partial charge in [-0.05, 0) is 31.1 Å². The molecular weight excluding hydrogens is 294 g/mol. The fourth-order valence-electron chi connectivity index (χ4n) is 2.29. The van der Waals surface area contributed by atoms with Gasteiger partial charge in [0.15, 0.2) is 0 Å². The lowest BCUT2D eigenvalue weighted by atomic mass is 10.1. The van der Waals surface area contributed by atoms with Crippen molar-refractivity contribution in [3.05, 3.63) is 58.0 Å². The van der Waals surface area contributed by atoms with Gasteiger partial charge in [0.1, 0.15) is 6.33 Å². The van der Waals surface area contributed by atoms with E-state index < -0.39 is 0 Å². The van der Waals surface area contributed by atoms with Gasteiger partial charge in [-0.2, -0.15) is 0 Å². The fourth-order valence-corrected chi connectivity index (χ4v) is 2.29. The maximum atomic E-state index is 12.2. The molecule has 0 aliphatic heterocycles. The number of pyridine rings is 1. The maximum Gasteiger partial charge on any atom is 0.252 e. The molecule has 23 heavy (non-hydrogen) atoms. The summed E-state index contributed by atoms with van der Waals surface area (Å²) in [7, 11) is 1.68. The predicted octanol–water partition coefficient (Wildman–Crippen LogP) is 0.270. The minimum absolute atomic E-state index is 0.130. The molecule has 2 aromatic rings. The first kappa shape index (κ1) is 16.4. The molecule has 0 aliphatic rings. The van der Waals surface area contributed by atoms with E-state index in [2.05, 4.69) is 15.3 Å². The number of nitrogens with one attached hydrogen (secondary N) is 2. The Bertz CT molecular complexity index is 781. The topological polar surface area (TPSA) is 94.0 Å². The Morgan fingerprint density at radius 3 is 2.87 bits per heavy atom. The molecule has 2 aromatic heterocycles. The number of rotatable bonds is 5. The molecule has 0 saturated carbocycles. The van der Waals surface area contributed by atoms with E-state index in [1.54, 1.807) is 19.3 Å². The van der Waals surface area contributed by atoms with Crippen LogP contribution in [0.25, 0.3) is 6.08 Å². The molecule has 0 spiro atoms. The Labute approximate surface area is 134 Å². The van der Waals surface area contributed by atoms with E-state index in [9.17, 15) is 4.79 Å². The van der Waals surface area contributed by atoms with Crippen molar-refractivity contribution in [3.63, 3.8) is 0 Å². The summed E-state index contributed by atoms with van der Waals surface area (Å²) in [5, 5.41) is 14.4. The van der Waals surface area contributed by atoms with Crippen LogP contribution in [0.1, 0.15) is 36.8 Å². The van der Waals surface area contributed by atoms with Gasteiger partial charge in [0, 0.05) is 19.3 Å². The zero-order chi connectivity index (χ0) is 16.8. The average Bonchev–Trinajstić information content (AvgIpc) is 2.56. The highest BCUT2D eigenvalue weighted by Gasteiger charge is 2.16. The molecule has 7 heteroatoms. The van der Waals surface area contributed by atoms with Crippen LogP contribution in [-0.2, 0) is 7.05 Å². The average molecular weight is 314 g/mol. The summed E-state index contributed by atoms with van der Waals surface area (Å²) < 4.78 is 1.52. The zero-order valence-electron chi connectivity index (χ0n) is 13.3. The van der Waals surface area contributed by atoms with Gasteiger partial charge in [0.25, 0.3) is 5.56 Å². The van der Waals surface area contributed by atoms with Gasteiger partial charge >= 0.3 is 0 Å². The number of aromatic nitrogens is 3. The van der Waals surface area contributed by atoms with E-state index in [1.165, 1.54) is 23.2 Å². The molecule has 0 fully saturated rings. The minimum Gasteiger partial charge on any atom is -0.376 e. The van der Waals surface area contributed by atoms with Crippen molar-refractivity contribution < 1.29 is 10.4 Å². The van der Waals surface area contributed by atoms with Gasteiger partial charge in [0.2, 0.25) is 6.21 Å². The third-order valence-electron chi connectivity index (χ3n) is 3.48. The Balaban J connectivity index is 2.51. The molecule has 1 atom stereocenters. The third-order valence-corrected chi connectivity index (χ3v) is 3.48. The van der Waals surface area contributed by atoms with Crippen LogP contribution < -0.4 is 16.0 Å². The van der Waals surface area contributed by atoms with Crippen LogP contribution in [0.2, 0.25) is 0 Å². The Morgan fingerprint density at radius 1 is 1.48 bits per heavy atom. The van der Waals surface area contributed by atoms with E-state index in [1.807, 2.05) is 31.2 Å². The lowest BCUT2D eigenvalue weighted by Gasteiger charge is -2.17. The number of anilines is 1. The molecule has 120 valence electrons. The summed E-state index contributed by atoms with van der Waals surface area (Å²) >= 11 is 0. The van der Waals surface area contributed by atoms with Gasteiger partial charge in [-0.15, -0.1) is 0 Å². The second kappa shape index (κ2) is 7.35. The van der Waals surface area contributed by atoms with E-state index in [0.717, 1.165) is 5.69 Å². The van der Waals surface area contributed by atoms with Gasteiger partial charge in [-0.25, -0.2) is 9.97 Å². The summed E-state index contributed by atoms with van der Waals surface area (Å²) in [6.45, 7) is 3.80. The molecule has 2 heterocycles. The van der Waals surface area contributed by atoms with Crippen molar-refractivity contribution in [2.45, 2.75) is 19.9 Å². The van der Waals surface area contributed by atoms with Gasteiger partial charge < -0.3 is 9.88 Å². The van der Waals surface area contributed by atoms with Gasteiger partial charge in [-0.3, -0.25) is 10.0 Å². The Morgan fingerprint density at radius 2 is 2.26 bits per heavy atom. The molecule has 0 saturated heterocycles. The lowest BCUT2D eigenvalue weighted by molar-refractivity contribution is -0.733. The summed E-state index contributed by atoms with van der Waals surface area (Å²) in [5.74, 6) is 0. The first-order chi connectivity index (χ1) is 11.1. The van der Waals surface area contributed by atoms with Crippen molar-refractivity contribution in [2.24, 2.45) is 7.05 Å². The molecule has 0 amide bonds. The molecule has 2 rings (SSSR count). The van der Waals surface area contributed by atoms with Crippen LogP contribution >= 0.6 is 0 Å². The molecule has 1 unspecified atom stereocenters. The SMILES string of the molecule is C/C=C\c1c(/C=[NH+]\O)c(NC(C)c2ccncn2)cc(=O)n1C. The second-order valence-corrected chi connectivity index (χ2v) is 5.03. The molecule has 7 nitrogen and oxygen atoms in total. The lowest BCUT2D eigenvalue weighted by Crippen LogP contribution is -2.64. The molecule has 3 N–H and O–H groups in total. The monoisotopic (exact) mass is 314 g/mol. The third kappa shape index (κ3) is 3.63. The van der Waals surface area contributed by atoms with Crippen LogP contribution in [0.15, 0.2) is 35.5 Å². The Kier molecular flexibility index (Phi) is 5.24. The molecule has 0 bridgehead atoms. The quantitative estimate of drug-likeness (QED) is 0.418. The molecule has 0 aliphatic carbocycles. The predicted molar refractivity (Wildman–Crippen MR) is 88.4 cm³/mol. The molecule has 0 radical (unpaired) electrons. The summed E-state index contributed by atoms with van der Waals surface area (Å²) in [6, 6.07) is 3.17. The Hall–Kier alpha value is -2.96. The standard InChI is InChI=1S/C16H19N5O2/c1-4-5-15-12(9-19-23)14(8-16(22)21(15)3)20-11(2)13-6-7-17-10-18-13/h4-11,20,23H,1-3H3/p+1/b5-4-,19-9-. The number of allylic oxidation sites excluding steroid dienone is 1. The zero-order valence-corrected chi connectivity index (χ0v) is 13.3. The van der Waals surface area contributed by atoms with Crippen LogP contribution in [0, 0.1) is 0 Å². The van der Waals surface area contributed by atoms with Crippen molar-refractivity contribution in [2.75, 3.05) is 5.32 Å².